The zero-order valence-corrected chi connectivity index (χ0v) is 15.8. The number of aromatic amines is 1. The van der Waals surface area contributed by atoms with Crippen LogP contribution in [0.3, 0.4) is 0 Å². The Bertz CT molecular complexity index is 1130. The summed E-state index contributed by atoms with van der Waals surface area (Å²) < 4.78 is 18.4. The van der Waals surface area contributed by atoms with E-state index >= 15 is 0 Å². The van der Waals surface area contributed by atoms with Crippen LogP contribution in [0, 0.1) is 6.92 Å². The van der Waals surface area contributed by atoms with Crippen LogP contribution < -0.4 is 9.83 Å². The van der Waals surface area contributed by atoms with E-state index in [0.29, 0.717) is 5.75 Å². The number of nitrogens with one attached hydrogen (secondary N) is 1. The Balaban J connectivity index is 1.61. The zero-order valence-electron chi connectivity index (χ0n) is 14.8. The van der Waals surface area contributed by atoms with Crippen molar-refractivity contribution in [2.75, 3.05) is 0 Å². The van der Waals surface area contributed by atoms with Crippen molar-refractivity contribution in [2.24, 2.45) is 0 Å². The molecule has 0 aliphatic carbocycles. The Labute approximate surface area is 158 Å². The number of benzene rings is 3. The van der Waals surface area contributed by atoms with E-state index in [1.54, 1.807) is 0 Å². The van der Waals surface area contributed by atoms with Gasteiger partial charge in [-0.15, -0.1) is 0 Å². The molecular formula is C22H19N2O2P. The fraction of sp³-hybridized carbons (Fsp3) is 0.0455. The van der Waals surface area contributed by atoms with E-state index in [-0.39, 0.29) is 0 Å². The Morgan fingerprint density at radius 3 is 2.56 bits per heavy atom. The Morgan fingerprint density at radius 1 is 0.963 bits per heavy atom. The highest BCUT2D eigenvalue weighted by Gasteiger charge is 2.10. The number of hydrogen-bond acceptors (Lipinski definition) is 3. The van der Waals surface area contributed by atoms with Crippen LogP contribution >= 0.6 is 8.03 Å². The lowest BCUT2D eigenvalue weighted by Crippen LogP contribution is -2.03. The normalized spacial score (nSPS) is 12.5. The number of aryl methyl sites for hydroxylation is 1. The van der Waals surface area contributed by atoms with Crippen molar-refractivity contribution in [1.82, 2.24) is 10.2 Å². The molecule has 4 rings (SSSR count). The van der Waals surface area contributed by atoms with Gasteiger partial charge in [0, 0.05) is 10.7 Å². The summed E-state index contributed by atoms with van der Waals surface area (Å²) in [5.74, 6) is 0.574. The minimum absolute atomic E-state index is 0.574. The van der Waals surface area contributed by atoms with Gasteiger partial charge < -0.3 is 4.52 Å². The fourth-order valence-corrected chi connectivity index (χ4v) is 4.00. The quantitative estimate of drug-likeness (QED) is 0.487. The van der Waals surface area contributed by atoms with Gasteiger partial charge in [0.25, 0.3) is 8.03 Å². The van der Waals surface area contributed by atoms with Gasteiger partial charge in [-0.05, 0) is 48.4 Å². The van der Waals surface area contributed by atoms with Crippen LogP contribution in [-0.2, 0) is 4.57 Å². The highest BCUT2D eigenvalue weighted by molar-refractivity contribution is 7.48. The van der Waals surface area contributed by atoms with E-state index in [9.17, 15) is 4.57 Å². The van der Waals surface area contributed by atoms with Crippen molar-refractivity contribution in [2.45, 2.75) is 6.92 Å². The molecule has 27 heavy (non-hydrogen) atoms. The molecule has 4 nitrogen and oxygen atoms in total. The van der Waals surface area contributed by atoms with Crippen LogP contribution in [0.4, 0.5) is 0 Å². The highest BCUT2D eigenvalue weighted by Crippen LogP contribution is 2.31. The van der Waals surface area contributed by atoms with Crippen LogP contribution in [0.5, 0.6) is 5.75 Å². The first kappa shape index (κ1) is 17.3. The van der Waals surface area contributed by atoms with Gasteiger partial charge in [0.05, 0.1) is 11.2 Å². The second kappa shape index (κ2) is 7.65. The Morgan fingerprint density at radius 2 is 1.74 bits per heavy atom. The van der Waals surface area contributed by atoms with Crippen LogP contribution in [0.2, 0.25) is 0 Å². The molecule has 0 fully saturated rings. The first-order chi connectivity index (χ1) is 13.2. The van der Waals surface area contributed by atoms with Crippen LogP contribution in [0.1, 0.15) is 16.8 Å². The lowest BCUT2D eigenvalue weighted by atomic mass is 10.1. The van der Waals surface area contributed by atoms with E-state index in [4.69, 9.17) is 4.52 Å². The predicted octanol–water partition coefficient (Wildman–Crippen LogP) is 5.22. The zero-order chi connectivity index (χ0) is 18.6. The van der Waals surface area contributed by atoms with Crippen LogP contribution in [0.15, 0.2) is 72.8 Å². The summed E-state index contributed by atoms with van der Waals surface area (Å²) in [5.41, 5.74) is 3.79. The molecule has 0 aliphatic rings. The number of rotatable bonds is 5. The van der Waals surface area contributed by atoms with Gasteiger partial charge in [-0.1, -0.05) is 54.6 Å². The summed E-state index contributed by atoms with van der Waals surface area (Å²) in [6.45, 7) is 1.94. The van der Waals surface area contributed by atoms with E-state index in [0.717, 1.165) is 33.0 Å². The van der Waals surface area contributed by atoms with E-state index in [1.807, 2.05) is 91.9 Å². The summed E-state index contributed by atoms with van der Waals surface area (Å²) in [6.07, 6.45) is 3.97. The molecule has 0 spiro atoms. The molecule has 3 aromatic carbocycles. The molecule has 5 heteroatoms. The molecule has 1 unspecified atom stereocenters. The number of nitrogens with zero attached hydrogens (tertiary/aromatic N) is 1. The van der Waals surface area contributed by atoms with Crippen molar-refractivity contribution in [3.63, 3.8) is 0 Å². The van der Waals surface area contributed by atoms with Crippen molar-refractivity contribution < 1.29 is 9.09 Å². The van der Waals surface area contributed by atoms with Crippen molar-refractivity contribution in [1.29, 1.82) is 0 Å². The van der Waals surface area contributed by atoms with Crippen molar-refractivity contribution >= 4 is 36.4 Å². The summed E-state index contributed by atoms with van der Waals surface area (Å²) in [6, 6.07) is 23.2. The molecule has 0 saturated carbocycles. The van der Waals surface area contributed by atoms with Gasteiger partial charge in [-0.25, -0.2) is 0 Å². The fourth-order valence-electron chi connectivity index (χ4n) is 2.91. The smallest absolute Gasteiger partial charge is 0.266 e. The topological polar surface area (TPSA) is 55.0 Å². The molecule has 0 radical (unpaired) electrons. The van der Waals surface area contributed by atoms with Gasteiger partial charge in [0.15, 0.2) is 0 Å². The lowest BCUT2D eigenvalue weighted by molar-refractivity contribution is 0.515. The molecule has 0 amide bonds. The average molecular weight is 374 g/mol. The lowest BCUT2D eigenvalue weighted by Gasteiger charge is -2.08. The summed E-state index contributed by atoms with van der Waals surface area (Å²) in [7, 11) is -2.37. The van der Waals surface area contributed by atoms with Crippen LogP contribution in [-0.4, -0.2) is 10.2 Å². The van der Waals surface area contributed by atoms with Crippen molar-refractivity contribution in [3.05, 3.63) is 89.6 Å². The van der Waals surface area contributed by atoms with E-state index in [2.05, 4.69) is 10.2 Å². The molecule has 1 atom stereocenters. The van der Waals surface area contributed by atoms with E-state index in [1.165, 1.54) is 0 Å². The number of aromatic nitrogens is 2. The first-order valence-corrected chi connectivity index (χ1v) is 10.0. The minimum Gasteiger partial charge on any atom is -0.442 e. The number of H-pyrrole nitrogens is 1. The van der Waals surface area contributed by atoms with Gasteiger partial charge in [-0.3, -0.25) is 9.66 Å². The third kappa shape index (κ3) is 3.86. The molecule has 134 valence electrons. The molecule has 0 aliphatic heterocycles. The first-order valence-electron chi connectivity index (χ1n) is 8.70. The van der Waals surface area contributed by atoms with E-state index < -0.39 is 8.03 Å². The average Bonchev–Trinajstić information content (AvgIpc) is 3.10. The number of fused-ring (bicyclic) bond motifs is 1. The molecular weight excluding hydrogens is 355 g/mol. The molecule has 0 bridgehead atoms. The Hall–Kier alpha value is -3.10. The molecule has 1 aromatic heterocycles. The molecule has 0 saturated heterocycles. The summed E-state index contributed by atoms with van der Waals surface area (Å²) in [5, 5.41) is 9.06. The highest BCUT2D eigenvalue weighted by atomic mass is 31.1. The SMILES string of the molecule is Cc1ccccc1[PH](=O)Oc1ccc2[nH]nc(C=Cc3ccccc3)c2c1. The standard InChI is InChI=1S/C22H19N2O2P/c1-16-7-5-6-10-22(16)27(25)26-18-12-14-21-19(15-18)20(23-24-21)13-11-17-8-3-2-4-9-17/h2-15,27H,1H3,(H,23,24). The van der Waals surface area contributed by atoms with Gasteiger partial charge in [0.1, 0.15) is 5.75 Å². The largest absolute Gasteiger partial charge is 0.442 e. The second-order valence-corrected chi connectivity index (χ2v) is 7.58. The van der Waals surface area contributed by atoms with Gasteiger partial charge >= 0.3 is 0 Å². The maximum atomic E-state index is 12.6. The molecule has 4 aromatic rings. The Kier molecular flexibility index (Phi) is 4.91. The minimum atomic E-state index is -2.37. The number of hydrogen-bond donors (Lipinski definition) is 1. The van der Waals surface area contributed by atoms with Gasteiger partial charge in [0.2, 0.25) is 0 Å². The third-order valence-electron chi connectivity index (χ3n) is 4.37. The van der Waals surface area contributed by atoms with Crippen molar-refractivity contribution in [3.8, 4) is 5.75 Å². The maximum absolute atomic E-state index is 12.6. The summed E-state index contributed by atoms with van der Waals surface area (Å²) >= 11 is 0. The molecule has 1 heterocycles. The third-order valence-corrected chi connectivity index (χ3v) is 5.79. The monoisotopic (exact) mass is 374 g/mol. The second-order valence-electron chi connectivity index (χ2n) is 6.26. The molecule has 1 N–H and O–H groups in total. The van der Waals surface area contributed by atoms with Crippen LogP contribution in [0.25, 0.3) is 23.1 Å². The maximum Gasteiger partial charge on any atom is 0.266 e. The van der Waals surface area contributed by atoms with Gasteiger partial charge in [-0.2, -0.15) is 5.10 Å². The predicted molar refractivity (Wildman–Crippen MR) is 112 cm³/mol. The summed E-state index contributed by atoms with van der Waals surface area (Å²) in [4.78, 5) is 0.